The Morgan fingerprint density at radius 1 is 1.09 bits per heavy atom. The quantitative estimate of drug-likeness (QED) is 0.882. The SMILES string of the molecule is CCOc1ccc(C(NC(=O)C2CC2)c2ccccc2)cc1. The van der Waals surface area contributed by atoms with Gasteiger partial charge in [-0.1, -0.05) is 42.5 Å². The van der Waals surface area contributed by atoms with Gasteiger partial charge in [0, 0.05) is 5.92 Å². The summed E-state index contributed by atoms with van der Waals surface area (Å²) in [5.41, 5.74) is 2.17. The maximum absolute atomic E-state index is 12.2. The van der Waals surface area contributed by atoms with Crippen LogP contribution in [0.15, 0.2) is 54.6 Å². The van der Waals surface area contributed by atoms with E-state index in [0.717, 1.165) is 29.7 Å². The predicted octanol–water partition coefficient (Wildman–Crippen LogP) is 3.70. The van der Waals surface area contributed by atoms with Crippen LogP contribution in [0.2, 0.25) is 0 Å². The Kier molecular flexibility index (Phi) is 4.42. The van der Waals surface area contributed by atoms with Gasteiger partial charge in [0.15, 0.2) is 0 Å². The molecule has 1 fully saturated rings. The molecule has 3 heteroatoms. The van der Waals surface area contributed by atoms with Gasteiger partial charge in [-0.15, -0.1) is 0 Å². The zero-order chi connectivity index (χ0) is 15.4. The van der Waals surface area contributed by atoms with E-state index in [4.69, 9.17) is 4.74 Å². The van der Waals surface area contributed by atoms with E-state index in [1.165, 1.54) is 0 Å². The number of carbonyl (C=O) groups is 1. The monoisotopic (exact) mass is 295 g/mol. The van der Waals surface area contributed by atoms with Crippen molar-refractivity contribution >= 4 is 5.91 Å². The Hall–Kier alpha value is -2.29. The minimum atomic E-state index is -0.107. The molecule has 1 atom stereocenters. The van der Waals surface area contributed by atoms with Crippen LogP contribution in [0.3, 0.4) is 0 Å². The van der Waals surface area contributed by atoms with Crippen molar-refractivity contribution < 1.29 is 9.53 Å². The highest BCUT2D eigenvalue weighted by Crippen LogP contribution is 2.31. The van der Waals surface area contributed by atoms with Crippen LogP contribution in [0.5, 0.6) is 5.75 Å². The second-order valence-corrected chi connectivity index (χ2v) is 5.63. The Labute approximate surface area is 131 Å². The van der Waals surface area contributed by atoms with Gasteiger partial charge in [-0.2, -0.15) is 0 Å². The lowest BCUT2D eigenvalue weighted by Crippen LogP contribution is -2.30. The van der Waals surface area contributed by atoms with Gasteiger partial charge in [-0.3, -0.25) is 4.79 Å². The molecular formula is C19H21NO2. The largest absolute Gasteiger partial charge is 0.494 e. The van der Waals surface area contributed by atoms with E-state index in [1.54, 1.807) is 0 Å². The molecule has 22 heavy (non-hydrogen) atoms. The van der Waals surface area contributed by atoms with Crippen molar-refractivity contribution in [3.63, 3.8) is 0 Å². The molecule has 0 heterocycles. The lowest BCUT2D eigenvalue weighted by Gasteiger charge is -2.20. The number of rotatable bonds is 6. The molecule has 0 bridgehead atoms. The van der Waals surface area contributed by atoms with E-state index in [-0.39, 0.29) is 17.9 Å². The minimum Gasteiger partial charge on any atom is -0.494 e. The number of amides is 1. The average Bonchev–Trinajstić information content (AvgIpc) is 3.39. The van der Waals surface area contributed by atoms with Crippen LogP contribution >= 0.6 is 0 Å². The topological polar surface area (TPSA) is 38.3 Å². The molecule has 1 saturated carbocycles. The number of carbonyl (C=O) groups excluding carboxylic acids is 1. The van der Waals surface area contributed by atoms with E-state index in [0.29, 0.717) is 6.61 Å². The number of benzene rings is 2. The highest BCUT2D eigenvalue weighted by molar-refractivity contribution is 5.81. The molecule has 0 aliphatic heterocycles. The minimum absolute atomic E-state index is 0.107. The van der Waals surface area contributed by atoms with E-state index >= 15 is 0 Å². The zero-order valence-electron chi connectivity index (χ0n) is 12.8. The molecule has 114 valence electrons. The number of nitrogens with one attached hydrogen (secondary N) is 1. The Morgan fingerprint density at radius 3 is 2.32 bits per heavy atom. The van der Waals surface area contributed by atoms with Gasteiger partial charge in [0.25, 0.3) is 0 Å². The molecule has 0 saturated heterocycles. The third-order valence-corrected chi connectivity index (χ3v) is 3.89. The van der Waals surface area contributed by atoms with Crippen LogP contribution in [0.1, 0.15) is 36.9 Å². The van der Waals surface area contributed by atoms with Crippen molar-refractivity contribution in [1.82, 2.24) is 5.32 Å². The summed E-state index contributed by atoms with van der Waals surface area (Å²) in [4.78, 5) is 12.2. The molecule has 2 aromatic carbocycles. The third-order valence-electron chi connectivity index (χ3n) is 3.89. The summed E-state index contributed by atoms with van der Waals surface area (Å²) in [6, 6.07) is 17.9. The summed E-state index contributed by atoms with van der Waals surface area (Å²) in [7, 11) is 0. The molecule has 1 aliphatic carbocycles. The lowest BCUT2D eigenvalue weighted by atomic mass is 9.98. The van der Waals surface area contributed by atoms with Crippen LogP contribution in [-0.4, -0.2) is 12.5 Å². The molecule has 2 aromatic rings. The molecule has 1 unspecified atom stereocenters. The van der Waals surface area contributed by atoms with Gasteiger partial charge in [-0.05, 0) is 43.0 Å². The molecule has 1 amide bonds. The van der Waals surface area contributed by atoms with Crippen LogP contribution < -0.4 is 10.1 Å². The van der Waals surface area contributed by atoms with Crippen molar-refractivity contribution in [3.05, 3.63) is 65.7 Å². The second-order valence-electron chi connectivity index (χ2n) is 5.63. The molecule has 3 nitrogen and oxygen atoms in total. The normalized spacial score (nSPS) is 15.1. The third kappa shape index (κ3) is 3.48. The predicted molar refractivity (Wildman–Crippen MR) is 86.8 cm³/mol. The Balaban J connectivity index is 1.85. The summed E-state index contributed by atoms with van der Waals surface area (Å²) in [6.07, 6.45) is 2.02. The van der Waals surface area contributed by atoms with Crippen LogP contribution in [-0.2, 0) is 4.79 Å². The maximum atomic E-state index is 12.2. The van der Waals surface area contributed by atoms with Gasteiger partial charge in [0.05, 0.1) is 12.6 Å². The first kappa shape index (κ1) is 14.6. The average molecular weight is 295 g/mol. The highest BCUT2D eigenvalue weighted by atomic mass is 16.5. The van der Waals surface area contributed by atoms with Gasteiger partial charge in [-0.25, -0.2) is 0 Å². The summed E-state index contributed by atoms with van der Waals surface area (Å²) in [5, 5.41) is 3.18. The Bertz CT molecular complexity index is 618. The summed E-state index contributed by atoms with van der Waals surface area (Å²) >= 11 is 0. The molecule has 1 N–H and O–H groups in total. The van der Waals surface area contributed by atoms with Crippen LogP contribution in [0, 0.1) is 5.92 Å². The fourth-order valence-corrected chi connectivity index (χ4v) is 2.53. The number of hydrogen-bond acceptors (Lipinski definition) is 2. The first-order chi connectivity index (χ1) is 10.8. The standard InChI is InChI=1S/C19H21NO2/c1-2-22-17-12-10-15(11-13-17)18(14-6-4-3-5-7-14)20-19(21)16-8-9-16/h3-7,10-13,16,18H,2,8-9H2,1H3,(H,20,21). The van der Waals surface area contributed by atoms with Crippen molar-refractivity contribution in [1.29, 1.82) is 0 Å². The smallest absolute Gasteiger partial charge is 0.223 e. The van der Waals surface area contributed by atoms with E-state index in [1.807, 2.05) is 61.5 Å². The molecular weight excluding hydrogens is 274 g/mol. The van der Waals surface area contributed by atoms with E-state index < -0.39 is 0 Å². The van der Waals surface area contributed by atoms with Gasteiger partial charge < -0.3 is 10.1 Å². The zero-order valence-corrected chi connectivity index (χ0v) is 12.8. The summed E-state index contributed by atoms with van der Waals surface area (Å²) < 4.78 is 5.49. The van der Waals surface area contributed by atoms with Gasteiger partial charge in [0.2, 0.25) is 5.91 Å². The molecule has 0 spiro atoms. The Morgan fingerprint density at radius 2 is 1.73 bits per heavy atom. The fraction of sp³-hybridized carbons (Fsp3) is 0.316. The first-order valence-corrected chi connectivity index (χ1v) is 7.86. The van der Waals surface area contributed by atoms with Crippen molar-refractivity contribution in [2.24, 2.45) is 5.92 Å². The molecule has 1 aliphatic rings. The molecule has 3 rings (SSSR count). The van der Waals surface area contributed by atoms with Gasteiger partial charge >= 0.3 is 0 Å². The van der Waals surface area contributed by atoms with Gasteiger partial charge in [0.1, 0.15) is 5.75 Å². The van der Waals surface area contributed by atoms with Crippen molar-refractivity contribution in [3.8, 4) is 5.75 Å². The van der Waals surface area contributed by atoms with Crippen molar-refractivity contribution in [2.45, 2.75) is 25.8 Å². The fourth-order valence-electron chi connectivity index (χ4n) is 2.53. The van der Waals surface area contributed by atoms with Crippen molar-refractivity contribution in [2.75, 3.05) is 6.61 Å². The number of hydrogen-bond donors (Lipinski definition) is 1. The molecule has 0 aromatic heterocycles. The van der Waals surface area contributed by atoms with Crippen LogP contribution in [0.25, 0.3) is 0 Å². The van der Waals surface area contributed by atoms with E-state index in [2.05, 4.69) is 5.32 Å². The summed E-state index contributed by atoms with van der Waals surface area (Å²) in [6.45, 7) is 2.62. The highest BCUT2D eigenvalue weighted by Gasteiger charge is 2.31. The summed E-state index contributed by atoms with van der Waals surface area (Å²) in [5.74, 6) is 1.21. The van der Waals surface area contributed by atoms with Crippen LogP contribution in [0.4, 0.5) is 0 Å². The first-order valence-electron chi connectivity index (χ1n) is 7.86. The lowest BCUT2D eigenvalue weighted by molar-refractivity contribution is -0.122. The molecule has 0 radical (unpaired) electrons. The maximum Gasteiger partial charge on any atom is 0.223 e. The number of ether oxygens (including phenoxy) is 1. The van der Waals surface area contributed by atoms with E-state index in [9.17, 15) is 4.79 Å². The second kappa shape index (κ2) is 6.65.